The Bertz CT molecular complexity index is 539. The summed E-state index contributed by atoms with van der Waals surface area (Å²) in [7, 11) is 0. The molecule has 0 heterocycles. The van der Waals surface area contributed by atoms with Crippen LogP contribution in [0.25, 0.3) is 5.83 Å². The molecular weight excluding hydrogens is 343 g/mol. The van der Waals surface area contributed by atoms with Crippen molar-refractivity contribution in [2.75, 3.05) is 13.2 Å². The predicted octanol–water partition coefficient (Wildman–Crippen LogP) is 3.60. The third kappa shape index (κ3) is 4.14. The summed E-state index contributed by atoms with van der Waals surface area (Å²) in [6.07, 6.45) is 0. The van der Waals surface area contributed by atoms with Gasteiger partial charge in [0.2, 0.25) is 0 Å². The van der Waals surface area contributed by atoms with E-state index in [0.717, 1.165) is 0 Å². The molecule has 1 rings (SSSR count). The van der Waals surface area contributed by atoms with Gasteiger partial charge in [-0.25, -0.2) is 4.39 Å². The molecule has 1 aromatic carbocycles. The topological polar surface area (TPSA) is 52.6 Å². The van der Waals surface area contributed by atoms with Crippen molar-refractivity contribution in [2.45, 2.75) is 19.8 Å². The molecule has 0 amide bonds. The average Bonchev–Trinajstić information content (AvgIpc) is 2.39. The maximum absolute atomic E-state index is 13.7. The van der Waals surface area contributed by atoms with E-state index in [-0.39, 0.29) is 24.3 Å². The van der Waals surface area contributed by atoms with E-state index < -0.39 is 23.7 Å². The highest BCUT2D eigenvalue weighted by Crippen LogP contribution is 2.33. The zero-order valence-electron chi connectivity index (χ0n) is 11.8. The number of hydrogen-bond donors (Lipinski definition) is 0. The average molecular weight is 359 g/mol. The first-order valence-corrected chi connectivity index (χ1v) is 7.19. The molecule has 0 atom stereocenters. The fourth-order valence-electron chi connectivity index (χ4n) is 1.87. The van der Waals surface area contributed by atoms with Crippen molar-refractivity contribution in [3.63, 3.8) is 0 Å². The van der Waals surface area contributed by atoms with Crippen molar-refractivity contribution in [1.82, 2.24) is 0 Å². The number of hydrogen-bond acceptors (Lipinski definition) is 4. The maximum atomic E-state index is 13.7. The van der Waals surface area contributed by atoms with Gasteiger partial charge in [-0.05, 0) is 25.5 Å². The highest BCUT2D eigenvalue weighted by molar-refractivity contribution is 9.10. The summed E-state index contributed by atoms with van der Waals surface area (Å²) in [6, 6.07) is 4.66. The van der Waals surface area contributed by atoms with Crippen LogP contribution in [-0.2, 0) is 19.1 Å². The smallest absolute Gasteiger partial charge is 0.324 e. The predicted molar refractivity (Wildman–Crippen MR) is 80.3 cm³/mol. The lowest BCUT2D eigenvalue weighted by Gasteiger charge is -2.18. The maximum Gasteiger partial charge on any atom is 0.324 e. The van der Waals surface area contributed by atoms with Gasteiger partial charge < -0.3 is 9.47 Å². The van der Waals surface area contributed by atoms with Crippen molar-refractivity contribution in [2.24, 2.45) is 0 Å². The van der Waals surface area contributed by atoms with Gasteiger partial charge in [0.05, 0.1) is 13.2 Å². The molecule has 6 heteroatoms. The molecule has 0 aromatic heterocycles. The van der Waals surface area contributed by atoms with Crippen LogP contribution in [0.3, 0.4) is 0 Å². The molecule has 0 aliphatic rings. The summed E-state index contributed by atoms with van der Waals surface area (Å²) < 4.78 is 23.9. The fourth-order valence-corrected chi connectivity index (χ4v) is 2.47. The van der Waals surface area contributed by atoms with Gasteiger partial charge in [0, 0.05) is 10.0 Å². The standard InChI is InChI=1S/C15H16BrFO4/c1-4-20-14(18)13(15(19)21-5-2)10-7-6-8-11(16)12(10)9(3)17/h6-8,13H,3-5H2,1-2H3. The first kappa shape index (κ1) is 17.4. The Kier molecular flexibility index (Phi) is 6.55. The quantitative estimate of drug-likeness (QED) is 0.575. The first-order valence-electron chi connectivity index (χ1n) is 6.40. The van der Waals surface area contributed by atoms with E-state index in [0.29, 0.717) is 4.47 Å². The van der Waals surface area contributed by atoms with Gasteiger partial charge >= 0.3 is 11.9 Å². The lowest BCUT2D eigenvalue weighted by Crippen LogP contribution is -2.27. The Morgan fingerprint density at radius 1 is 1.24 bits per heavy atom. The number of halogens is 2. The molecule has 114 valence electrons. The molecule has 0 aliphatic heterocycles. The monoisotopic (exact) mass is 358 g/mol. The van der Waals surface area contributed by atoms with Crippen molar-refractivity contribution < 1.29 is 23.5 Å². The second-order valence-corrected chi connectivity index (χ2v) is 4.90. The van der Waals surface area contributed by atoms with Crippen LogP contribution in [0.5, 0.6) is 0 Å². The molecule has 4 nitrogen and oxygen atoms in total. The van der Waals surface area contributed by atoms with Gasteiger partial charge in [-0.15, -0.1) is 0 Å². The molecule has 0 N–H and O–H groups in total. The van der Waals surface area contributed by atoms with Gasteiger partial charge in [0.15, 0.2) is 5.92 Å². The van der Waals surface area contributed by atoms with Crippen molar-refractivity contribution in [3.05, 3.63) is 40.4 Å². The normalized spacial score (nSPS) is 10.3. The van der Waals surface area contributed by atoms with Crippen molar-refractivity contribution in [3.8, 4) is 0 Å². The van der Waals surface area contributed by atoms with Crippen LogP contribution in [-0.4, -0.2) is 25.2 Å². The first-order chi connectivity index (χ1) is 9.93. The number of carbonyl (C=O) groups excluding carboxylic acids is 2. The number of esters is 2. The molecule has 0 saturated carbocycles. The van der Waals surface area contributed by atoms with Crippen LogP contribution in [0.2, 0.25) is 0 Å². The van der Waals surface area contributed by atoms with E-state index in [4.69, 9.17) is 9.47 Å². The van der Waals surface area contributed by atoms with E-state index in [9.17, 15) is 14.0 Å². The molecule has 0 spiro atoms. The van der Waals surface area contributed by atoms with Gasteiger partial charge in [0.25, 0.3) is 0 Å². The Balaban J connectivity index is 3.39. The van der Waals surface area contributed by atoms with Gasteiger partial charge in [0.1, 0.15) is 5.83 Å². The highest BCUT2D eigenvalue weighted by atomic mass is 79.9. The van der Waals surface area contributed by atoms with Crippen molar-refractivity contribution >= 4 is 33.7 Å². The summed E-state index contributed by atoms with van der Waals surface area (Å²) in [4.78, 5) is 24.1. The van der Waals surface area contributed by atoms with Gasteiger partial charge in [-0.2, -0.15) is 0 Å². The Labute approximate surface area is 131 Å². The molecular formula is C15H16BrFO4. The molecule has 0 fully saturated rings. The van der Waals surface area contributed by atoms with E-state index >= 15 is 0 Å². The van der Waals surface area contributed by atoms with E-state index in [1.165, 1.54) is 6.07 Å². The van der Waals surface area contributed by atoms with Crippen molar-refractivity contribution in [1.29, 1.82) is 0 Å². The summed E-state index contributed by atoms with van der Waals surface area (Å²) in [6.45, 7) is 6.69. The summed E-state index contributed by atoms with van der Waals surface area (Å²) in [5.74, 6) is -3.66. The number of benzene rings is 1. The minimum atomic E-state index is -1.34. The Morgan fingerprint density at radius 2 is 1.76 bits per heavy atom. The molecule has 0 saturated heterocycles. The molecule has 1 aromatic rings. The second kappa shape index (κ2) is 7.93. The zero-order chi connectivity index (χ0) is 16.0. The van der Waals surface area contributed by atoms with Crippen LogP contribution in [0.1, 0.15) is 30.9 Å². The van der Waals surface area contributed by atoms with Crippen LogP contribution in [0.4, 0.5) is 4.39 Å². The second-order valence-electron chi connectivity index (χ2n) is 4.05. The molecule has 0 bridgehead atoms. The summed E-state index contributed by atoms with van der Waals surface area (Å²) in [5, 5.41) is 0. The minimum Gasteiger partial charge on any atom is -0.465 e. The number of rotatable bonds is 6. The fraction of sp³-hybridized carbons (Fsp3) is 0.333. The van der Waals surface area contributed by atoms with E-state index in [1.807, 2.05) is 0 Å². The molecule has 0 radical (unpaired) electrons. The van der Waals surface area contributed by atoms with Crippen LogP contribution >= 0.6 is 15.9 Å². The SMILES string of the molecule is C=C(F)c1c(Br)cccc1C(C(=O)OCC)C(=O)OCC. The van der Waals surface area contributed by atoms with Gasteiger partial charge in [-0.3, -0.25) is 9.59 Å². The van der Waals surface area contributed by atoms with Crippen LogP contribution < -0.4 is 0 Å². The molecule has 0 aliphatic carbocycles. The highest BCUT2D eigenvalue weighted by Gasteiger charge is 2.34. The van der Waals surface area contributed by atoms with Crippen LogP contribution in [0.15, 0.2) is 29.3 Å². The zero-order valence-corrected chi connectivity index (χ0v) is 13.4. The largest absolute Gasteiger partial charge is 0.465 e. The minimum absolute atomic E-state index is 0.0589. The molecule has 0 unspecified atom stereocenters. The summed E-state index contributed by atoms with van der Waals surface area (Å²) >= 11 is 3.19. The van der Waals surface area contributed by atoms with E-state index in [2.05, 4.69) is 22.5 Å². The third-order valence-corrected chi connectivity index (χ3v) is 3.33. The van der Waals surface area contributed by atoms with E-state index in [1.54, 1.807) is 26.0 Å². The lowest BCUT2D eigenvalue weighted by atomic mass is 9.93. The lowest BCUT2D eigenvalue weighted by molar-refractivity contribution is -0.156. The van der Waals surface area contributed by atoms with Crippen LogP contribution in [0, 0.1) is 0 Å². The summed E-state index contributed by atoms with van der Waals surface area (Å²) in [5.41, 5.74) is 0.220. The number of carbonyl (C=O) groups is 2. The Morgan fingerprint density at radius 3 is 2.19 bits per heavy atom. The Hall–Kier alpha value is -1.69. The van der Waals surface area contributed by atoms with Gasteiger partial charge in [-0.1, -0.05) is 34.6 Å². The number of ether oxygens (including phenoxy) is 2. The third-order valence-electron chi connectivity index (χ3n) is 2.67. The molecule has 21 heavy (non-hydrogen) atoms.